The highest BCUT2D eigenvalue weighted by Gasteiger charge is 2.13. The van der Waals surface area contributed by atoms with Gasteiger partial charge in [-0.2, -0.15) is 5.26 Å². The summed E-state index contributed by atoms with van der Waals surface area (Å²) in [4.78, 5) is 0. The van der Waals surface area contributed by atoms with Crippen molar-refractivity contribution in [3.63, 3.8) is 0 Å². The van der Waals surface area contributed by atoms with E-state index in [1.54, 1.807) is 6.92 Å². The lowest BCUT2D eigenvalue weighted by Crippen LogP contribution is -2.35. The van der Waals surface area contributed by atoms with Crippen LogP contribution in [0.5, 0.6) is 0 Å². The summed E-state index contributed by atoms with van der Waals surface area (Å²) in [5, 5.41) is 10.9. The van der Waals surface area contributed by atoms with E-state index in [9.17, 15) is 8.78 Å². The third-order valence-corrected chi connectivity index (χ3v) is 1.34. The number of nitrogens with one attached hydrogen (secondary N) is 1. The van der Waals surface area contributed by atoms with E-state index in [0.717, 1.165) is 0 Å². The average Bonchev–Trinajstić information content (AvgIpc) is 1.99. The normalized spacial score (nSPS) is 16.0. The molecule has 0 radical (unpaired) electrons. The highest BCUT2D eigenvalue weighted by Crippen LogP contribution is 2.00. The summed E-state index contributed by atoms with van der Waals surface area (Å²) in [5.74, 6) is -0.212. The van der Waals surface area contributed by atoms with E-state index >= 15 is 0 Å². The fourth-order valence-corrected chi connectivity index (χ4v) is 0.497. The Bertz CT molecular complexity index is 142. The first-order valence-corrected chi connectivity index (χ1v) is 3.49. The third-order valence-electron chi connectivity index (χ3n) is 1.34. The molecule has 0 aliphatic carbocycles. The monoisotopic (exact) mass is 162 g/mol. The molecule has 0 amide bonds. The molecule has 0 rings (SSSR count). The van der Waals surface area contributed by atoms with Crippen LogP contribution in [0.4, 0.5) is 8.78 Å². The lowest BCUT2D eigenvalue weighted by molar-refractivity contribution is 0.105. The molecule has 0 aliphatic heterocycles. The number of nitriles is 1. The highest BCUT2D eigenvalue weighted by molar-refractivity contribution is 4.81. The molecule has 0 aromatic heterocycles. The number of hydrogen-bond acceptors (Lipinski definition) is 2. The Morgan fingerprint density at radius 2 is 2.00 bits per heavy atom. The summed E-state index contributed by atoms with van der Waals surface area (Å²) in [6.45, 7) is 3.40. The molecule has 0 saturated carbocycles. The van der Waals surface area contributed by atoms with Gasteiger partial charge < -0.3 is 5.32 Å². The molecule has 0 aliphatic rings. The van der Waals surface area contributed by atoms with E-state index in [0.29, 0.717) is 6.54 Å². The molecule has 4 heteroatoms. The van der Waals surface area contributed by atoms with Gasteiger partial charge in [-0.25, -0.2) is 8.78 Å². The van der Waals surface area contributed by atoms with E-state index in [1.807, 2.05) is 6.07 Å². The summed E-state index contributed by atoms with van der Waals surface area (Å²) in [5.41, 5.74) is 0. The quantitative estimate of drug-likeness (QED) is 0.678. The lowest BCUT2D eigenvalue weighted by atomic mass is 10.2. The Hall–Kier alpha value is -0.690. The summed E-state index contributed by atoms with van der Waals surface area (Å²) < 4.78 is 23.7. The van der Waals surface area contributed by atoms with Crippen molar-refractivity contribution in [3.8, 4) is 6.07 Å². The van der Waals surface area contributed by atoms with Crippen molar-refractivity contribution in [2.45, 2.75) is 26.3 Å². The van der Waals surface area contributed by atoms with Gasteiger partial charge in [-0.1, -0.05) is 0 Å². The maximum Gasteiger partial charge on any atom is 0.253 e. The largest absolute Gasteiger partial charge is 0.308 e. The maximum atomic E-state index is 11.8. The van der Waals surface area contributed by atoms with E-state index in [1.165, 1.54) is 6.92 Å². The minimum absolute atomic E-state index is 0.212. The SMILES string of the molecule is CC(C#N)CNC(C)C(F)F. The fourth-order valence-electron chi connectivity index (χ4n) is 0.497. The molecule has 1 N–H and O–H groups in total. The Morgan fingerprint density at radius 1 is 1.45 bits per heavy atom. The molecular formula is C7H12F2N2. The first kappa shape index (κ1) is 10.3. The lowest BCUT2D eigenvalue weighted by Gasteiger charge is -2.12. The van der Waals surface area contributed by atoms with Gasteiger partial charge in [-0.05, 0) is 13.8 Å². The molecule has 0 saturated heterocycles. The summed E-state index contributed by atoms with van der Waals surface area (Å²) in [6.07, 6.45) is -2.36. The number of alkyl halides is 2. The van der Waals surface area contributed by atoms with Gasteiger partial charge in [0.05, 0.1) is 18.0 Å². The van der Waals surface area contributed by atoms with Gasteiger partial charge in [0, 0.05) is 6.54 Å². The number of hydrogen-bond donors (Lipinski definition) is 1. The van der Waals surface area contributed by atoms with Crippen molar-refractivity contribution in [1.29, 1.82) is 5.26 Å². The van der Waals surface area contributed by atoms with Gasteiger partial charge in [-0.3, -0.25) is 0 Å². The van der Waals surface area contributed by atoms with Crippen LogP contribution in [0.25, 0.3) is 0 Å². The van der Waals surface area contributed by atoms with E-state index in [4.69, 9.17) is 5.26 Å². The molecule has 64 valence electrons. The zero-order valence-corrected chi connectivity index (χ0v) is 6.64. The second-order valence-corrected chi connectivity index (χ2v) is 2.56. The first-order chi connectivity index (χ1) is 5.07. The minimum atomic E-state index is -2.36. The van der Waals surface area contributed by atoms with Crippen molar-refractivity contribution in [3.05, 3.63) is 0 Å². The van der Waals surface area contributed by atoms with E-state index in [2.05, 4.69) is 5.32 Å². The predicted octanol–water partition coefficient (Wildman–Crippen LogP) is 1.39. The summed E-state index contributed by atoms with van der Waals surface area (Å²) >= 11 is 0. The van der Waals surface area contributed by atoms with Gasteiger partial charge in [0.1, 0.15) is 0 Å². The second kappa shape index (κ2) is 5.03. The Morgan fingerprint density at radius 3 is 2.36 bits per heavy atom. The summed E-state index contributed by atoms with van der Waals surface area (Å²) in [6, 6.07) is 1.12. The number of halogens is 2. The summed E-state index contributed by atoms with van der Waals surface area (Å²) in [7, 11) is 0. The van der Waals surface area contributed by atoms with Crippen molar-refractivity contribution < 1.29 is 8.78 Å². The highest BCUT2D eigenvalue weighted by atomic mass is 19.3. The fraction of sp³-hybridized carbons (Fsp3) is 0.857. The standard InChI is InChI=1S/C7H12F2N2/c1-5(3-10)4-11-6(2)7(8)9/h5-7,11H,4H2,1-2H3. The predicted molar refractivity (Wildman–Crippen MR) is 38.2 cm³/mol. The topological polar surface area (TPSA) is 35.8 Å². The molecule has 0 spiro atoms. The maximum absolute atomic E-state index is 11.8. The van der Waals surface area contributed by atoms with Crippen LogP contribution in [-0.2, 0) is 0 Å². The molecule has 2 atom stereocenters. The van der Waals surface area contributed by atoms with E-state index < -0.39 is 12.5 Å². The smallest absolute Gasteiger partial charge is 0.253 e. The second-order valence-electron chi connectivity index (χ2n) is 2.56. The van der Waals surface area contributed by atoms with Crippen LogP contribution in [0, 0.1) is 17.2 Å². The Kier molecular flexibility index (Phi) is 4.71. The molecule has 2 unspecified atom stereocenters. The van der Waals surface area contributed by atoms with Gasteiger partial charge >= 0.3 is 0 Å². The molecule has 0 fully saturated rings. The van der Waals surface area contributed by atoms with Gasteiger partial charge in [0.25, 0.3) is 6.43 Å². The Labute approximate surface area is 65.2 Å². The van der Waals surface area contributed by atoms with Crippen LogP contribution in [0.15, 0.2) is 0 Å². The van der Waals surface area contributed by atoms with Crippen LogP contribution in [0.2, 0.25) is 0 Å². The van der Waals surface area contributed by atoms with Crippen LogP contribution >= 0.6 is 0 Å². The molecule has 2 nitrogen and oxygen atoms in total. The van der Waals surface area contributed by atoms with Crippen molar-refractivity contribution >= 4 is 0 Å². The van der Waals surface area contributed by atoms with Gasteiger partial charge in [-0.15, -0.1) is 0 Å². The van der Waals surface area contributed by atoms with Crippen molar-refractivity contribution in [1.82, 2.24) is 5.32 Å². The molecule has 11 heavy (non-hydrogen) atoms. The molecule has 0 bridgehead atoms. The van der Waals surface area contributed by atoms with E-state index in [-0.39, 0.29) is 5.92 Å². The van der Waals surface area contributed by atoms with Crippen LogP contribution in [-0.4, -0.2) is 19.0 Å². The van der Waals surface area contributed by atoms with Crippen molar-refractivity contribution in [2.75, 3.05) is 6.54 Å². The van der Waals surface area contributed by atoms with Crippen molar-refractivity contribution in [2.24, 2.45) is 5.92 Å². The van der Waals surface area contributed by atoms with Crippen LogP contribution in [0.3, 0.4) is 0 Å². The Balaban J connectivity index is 3.47. The zero-order valence-electron chi connectivity index (χ0n) is 6.64. The molecule has 0 aromatic rings. The third kappa shape index (κ3) is 4.68. The molecular weight excluding hydrogens is 150 g/mol. The number of nitrogens with zero attached hydrogens (tertiary/aromatic N) is 1. The van der Waals surface area contributed by atoms with Crippen LogP contribution in [0.1, 0.15) is 13.8 Å². The zero-order chi connectivity index (χ0) is 8.85. The minimum Gasteiger partial charge on any atom is -0.308 e. The van der Waals surface area contributed by atoms with Gasteiger partial charge in [0.2, 0.25) is 0 Å². The molecule has 0 heterocycles. The molecule has 0 aromatic carbocycles. The van der Waals surface area contributed by atoms with Gasteiger partial charge in [0.15, 0.2) is 0 Å². The average molecular weight is 162 g/mol. The number of rotatable bonds is 4. The first-order valence-electron chi connectivity index (χ1n) is 3.49. The van der Waals surface area contributed by atoms with Crippen LogP contribution < -0.4 is 5.32 Å².